The molecule has 1 aromatic rings. The molecule has 0 aliphatic carbocycles. The minimum absolute atomic E-state index is 0.123. The van der Waals surface area contributed by atoms with Crippen molar-refractivity contribution >= 4 is 14.4 Å². The Hall–Kier alpha value is -0.0769. The van der Waals surface area contributed by atoms with Gasteiger partial charge in [0, 0.05) is 0 Å². The Kier molecular flexibility index (Phi) is 6.27. The molecule has 0 aliphatic heterocycles. The van der Waals surface area contributed by atoms with Crippen molar-refractivity contribution in [2.75, 3.05) is 6.54 Å². The first-order chi connectivity index (χ1) is 7.26. The van der Waals surface area contributed by atoms with Crippen molar-refractivity contribution < 1.29 is 28.0 Å². The fourth-order valence-corrected chi connectivity index (χ4v) is 2.62. The van der Waals surface area contributed by atoms with Crippen molar-refractivity contribution in [1.82, 2.24) is 5.32 Å². The van der Waals surface area contributed by atoms with Crippen molar-refractivity contribution in [3.8, 4) is 0 Å². The molecule has 1 aromatic carbocycles. The van der Waals surface area contributed by atoms with E-state index in [-0.39, 0.29) is 5.91 Å². The molecule has 0 bridgehead atoms. The van der Waals surface area contributed by atoms with E-state index in [4.69, 9.17) is 0 Å². The number of hydrogen-bond acceptors (Lipinski definition) is 2. The number of benzene rings is 1. The fourth-order valence-electron chi connectivity index (χ4n) is 1.18. The predicted octanol–water partition coefficient (Wildman–Crippen LogP) is 2.31. The van der Waals surface area contributed by atoms with Crippen LogP contribution in [-0.4, -0.2) is 12.5 Å². The Balaban J connectivity index is 2.34. The number of rotatable bonds is 5. The van der Waals surface area contributed by atoms with Crippen LogP contribution in [0.4, 0.5) is 0 Å². The molecule has 1 rings (SSSR count). The molecule has 0 spiro atoms. The van der Waals surface area contributed by atoms with E-state index >= 15 is 0 Å². The summed E-state index contributed by atoms with van der Waals surface area (Å²) in [5, 5.41) is 2.87. The molecule has 1 N–H and O–H groups in total. The van der Waals surface area contributed by atoms with Gasteiger partial charge in [-0.2, -0.15) is 0 Å². The van der Waals surface area contributed by atoms with E-state index in [0.717, 1.165) is 13.0 Å². The number of carbonyl (C=O) groups excluding carboxylic acids is 1. The summed E-state index contributed by atoms with van der Waals surface area (Å²) in [5.41, 5.74) is 1.27. The van der Waals surface area contributed by atoms with Crippen LogP contribution in [0.3, 0.4) is 0 Å². The summed E-state index contributed by atoms with van der Waals surface area (Å²) >= 11 is 1.69. The van der Waals surface area contributed by atoms with Crippen LogP contribution in [0.2, 0.25) is 0 Å². The summed E-state index contributed by atoms with van der Waals surface area (Å²) in [5.74, 6) is 0.123. The van der Waals surface area contributed by atoms with Gasteiger partial charge >= 0.3 is 109 Å². The van der Waals surface area contributed by atoms with Gasteiger partial charge in [0.2, 0.25) is 0 Å². The molecular formula is C11H14AtNOS. The summed E-state index contributed by atoms with van der Waals surface area (Å²) in [7, 11) is 1.80. The van der Waals surface area contributed by atoms with Gasteiger partial charge in [-0.15, -0.1) is 0 Å². The van der Waals surface area contributed by atoms with E-state index in [0.29, 0.717) is 6.42 Å². The molecule has 0 radical (unpaired) electrons. The molecule has 0 aliphatic rings. The van der Waals surface area contributed by atoms with Crippen LogP contribution < -0.4 is 5.32 Å². The first kappa shape index (κ1) is 13.0. The second-order valence-corrected chi connectivity index (χ2v) is 5.60. The maximum absolute atomic E-state index is 11.0. The Morgan fingerprint density at radius 2 is 2.07 bits per heavy atom. The van der Waals surface area contributed by atoms with E-state index in [1.807, 2.05) is 6.92 Å². The molecular weight excluding hydrogens is 404 g/mol. The molecule has 0 aromatic heterocycles. The zero-order valence-corrected chi connectivity index (χ0v) is 12.4. The summed E-state index contributed by atoms with van der Waals surface area (Å²) in [4.78, 5) is 12.3. The summed E-state index contributed by atoms with van der Waals surface area (Å²) in [6.07, 6.45) is 1.47. The molecule has 2 nitrogen and oxygen atoms in total. The summed E-state index contributed by atoms with van der Waals surface area (Å²) < 4.78 is 0. The molecule has 82 valence electrons. The van der Waals surface area contributed by atoms with Gasteiger partial charge in [-0.3, -0.25) is 0 Å². The number of carbonyl (C=O) groups is 1. The monoisotopic (exact) mass is 418 g/mol. The van der Waals surface area contributed by atoms with Crippen LogP contribution in [0.25, 0.3) is 0 Å². The third-order valence-corrected chi connectivity index (χ3v) is 4.60. The number of amides is 1. The number of nitrogens with one attached hydrogen (secondary N) is 1. The predicted molar refractivity (Wildman–Crippen MR) is 59.3 cm³/mol. The molecule has 0 heterocycles. The minimum atomic E-state index is 0.123. The van der Waals surface area contributed by atoms with E-state index in [9.17, 15) is 4.79 Å². The number of hydrogen-bond donors (Lipinski definition) is 1. The second kappa shape index (κ2) is 7.24. The Morgan fingerprint density at radius 3 is 2.60 bits per heavy atom. The van der Waals surface area contributed by atoms with Crippen LogP contribution >= 0.6 is 8.52 Å². The quantitative estimate of drug-likeness (QED) is 0.796. The van der Waals surface area contributed by atoms with Crippen molar-refractivity contribution in [2.45, 2.75) is 24.7 Å². The van der Waals surface area contributed by atoms with Crippen LogP contribution in [-0.2, 0) is 11.2 Å². The maximum atomic E-state index is 11.0. The van der Waals surface area contributed by atoms with Gasteiger partial charge in [-0.1, -0.05) is 0 Å². The van der Waals surface area contributed by atoms with Gasteiger partial charge in [0.15, 0.2) is 0 Å². The van der Waals surface area contributed by atoms with Gasteiger partial charge in [-0.05, 0) is 0 Å². The van der Waals surface area contributed by atoms with E-state index in [2.05, 4.69) is 29.6 Å². The van der Waals surface area contributed by atoms with Gasteiger partial charge in [0.1, 0.15) is 0 Å². The summed E-state index contributed by atoms with van der Waals surface area (Å²) in [6.45, 7) is 2.60. The zero-order valence-electron chi connectivity index (χ0n) is 8.63. The van der Waals surface area contributed by atoms with Crippen LogP contribution in [0.15, 0.2) is 29.2 Å². The van der Waals surface area contributed by atoms with Crippen molar-refractivity contribution in [2.24, 2.45) is 0 Å². The molecule has 0 atom stereocenters. The standard InChI is InChI=1S/C11H14AtNOS/c1-2-11(14)13-8-7-9-3-5-10(15-12)6-4-9/h3-6H,2,7-8H2,1H3,(H,13,14). The summed E-state index contributed by atoms with van der Waals surface area (Å²) in [6, 6.07) is 8.50. The average Bonchev–Trinajstić information content (AvgIpc) is 2.29. The van der Waals surface area contributed by atoms with E-state index in [1.165, 1.54) is 10.5 Å². The molecule has 0 fully saturated rings. The van der Waals surface area contributed by atoms with Crippen LogP contribution in [0.1, 0.15) is 18.9 Å². The van der Waals surface area contributed by atoms with Crippen LogP contribution in [0.5, 0.6) is 0 Å². The first-order valence-corrected chi connectivity index (χ1v) is 9.22. The fraction of sp³-hybridized carbons (Fsp3) is 0.364. The van der Waals surface area contributed by atoms with Gasteiger partial charge < -0.3 is 0 Å². The molecule has 15 heavy (non-hydrogen) atoms. The first-order valence-electron chi connectivity index (χ1n) is 4.90. The van der Waals surface area contributed by atoms with Gasteiger partial charge in [0.25, 0.3) is 0 Å². The molecule has 0 unspecified atom stereocenters. The molecule has 1 amide bonds. The van der Waals surface area contributed by atoms with Crippen LogP contribution in [0, 0.1) is 23.3 Å². The normalized spacial score (nSPS) is 10.0. The van der Waals surface area contributed by atoms with E-state index in [1.54, 1.807) is 31.8 Å². The van der Waals surface area contributed by atoms with Crippen molar-refractivity contribution in [3.63, 3.8) is 0 Å². The van der Waals surface area contributed by atoms with Crippen molar-refractivity contribution in [3.05, 3.63) is 29.8 Å². The third kappa shape index (κ3) is 4.99. The van der Waals surface area contributed by atoms with Gasteiger partial charge in [-0.25, -0.2) is 0 Å². The molecule has 0 saturated carbocycles. The topological polar surface area (TPSA) is 29.1 Å². The van der Waals surface area contributed by atoms with E-state index < -0.39 is 0 Å². The zero-order chi connectivity index (χ0) is 11.1. The molecule has 4 heteroatoms. The third-order valence-electron chi connectivity index (χ3n) is 2.07. The Bertz CT molecular complexity index is 313. The SMILES string of the molecule is CCC(=O)NCCc1ccc(S[At])cc1. The van der Waals surface area contributed by atoms with Gasteiger partial charge in [0.05, 0.1) is 0 Å². The Morgan fingerprint density at radius 1 is 1.40 bits per heavy atom. The second-order valence-electron chi connectivity index (χ2n) is 3.17. The van der Waals surface area contributed by atoms with Crippen molar-refractivity contribution in [1.29, 1.82) is 0 Å². The molecule has 0 saturated heterocycles. The average molecular weight is 418 g/mol. The Labute approximate surface area is 108 Å².